The lowest BCUT2D eigenvalue weighted by atomic mass is 10.1. The van der Waals surface area contributed by atoms with Gasteiger partial charge in [0.15, 0.2) is 5.96 Å². The minimum absolute atomic E-state index is 0. The molecule has 7 heteroatoms. The molecule has 6 nitrogen and oxygen atoms in total. The normalized spacial score (nSPS) is 20.4. The van der Waals surface area contributed by atoms with E-state index in [1.165, 1.54) is 34.9 Å². The summed E-state index contributed by atoms with van der Waals surface area (Å²) in [6, 6.07) is 6.49. The number of aryl methyl sites for hydroxylation is 1. The van der Waals surface area contributed by atoms with Crippen LogP contribution >= 0.6 is 24.0 Å². The van der Waals surface area contributed by atoms with Crippen LogP contribution in [0.5, 0.6) is 0 Å². The maximum Gasteiger partial charge on any atom is 0.193 e. The maximum atomic E-state index is 6.18. The van der Waals surface area contributed by atoms with E-state index in [0.717, 1.165) is 71.0 Å². The summed E-state index contributed by atoms with van der Waals surface area (Å²) in [5, 5.41) is 4.80. The van der Waals surface area contributed by atoms with Crippen LogP contribution in [0.2, 0.25) is 0 Å². The Morgan fingerprint density at radius 1 is 1.25 bits per heavy atom. The second-order valence-corrected chi connectivity index (χ2v) is 8.81. The fourth-order valence-corrected chi connectivity index (χ4v) is 4.70. The van der Waals surface area contributed by atoms with Crippen molar-refractivity contribution in [3.05, 3.63) is 35.5 Å². The number of nitrogens with zero attached hydrogens (tertiary/aromatic N) is 2. The largest absolute Gasteiger partial charge is 0.376 e. The number of aliphatic imine (C=N–C) groups is 1. The van der Waals surface area contributed by atoms with Gasteiger partial charge in [0.1, 0.15) is 0 Å². The molecule has 4 rings (SSSR count). The Morgan fingerprint density at radius 3 is 2.84 bits per heavy atom. The zero-order valence-corrected chi connectivity index (χ0v) is 21.9. The van der Waals surface area contributed by atoms with E-state index < -0.39 is 0 Å². The van der Waals surface area contributed by atoms with Gasteiger partial charge in [-0.3, -0.25) is 4.99 Å². The van der Waals surface area contributed by atoms with Crippen LogP contribution < -0.4 is 5.32 Å². The van der Waals surface area contributed by atoms with Crippen LogP contribution in [0.1, 0.15) is 50.2 Å². The number of hydrogen-bond donors (Lipinski definition) is 2. The molecule has 1 unspecified atom stereocenters. The van der Waals surface area contributed by atoms with Gasteiger partial charge in [-0.1, -0.05) is 18.2 Å². The molecular weight excluding hydrogens is 515 g/mol. The Hall–Kier alpha value is -1.32. The predicted octanol–water partition coefficient (Wildman–Crippen LogP) is 4.65. The molecule has 2 fully saturated rings. The molecule has 2 aliphatic heterocycles. The van der Waals surface area contributed by atoms with Gasteiger partial charge >= 0.3 is 0 Å². The van der Waals surface area contributed by atoms with Crippen LogP contribution in [-0.4, -0.2) is 67.4 Å². The molecule has 0 bridgehead atoms. The zero-order valence-electron chi connectivity index (χ0n) is 19.6. The first-order chi connectivity index (χ1) is 15.2. The number of para-hydroxylation sites is 1. The molecular formula is C25H39IN4O2. The highest BCUT2D eigenvalue weighted by atomic mass is 127. The highest BCUT2D eigenvalue weighted by molar-refractivity contribution is 14.0. The van der Waals surface area contributed by atoms with E-state index in [1.54, 1.807) is 0 Å². The molecule has 0 spiro atoms. The number of aromatic nitrogens is 1. The Bertz CT molecular complexity index is 855. The molecule has 1 atom stereocenters. The van der Waals surface area contributed by atoms with Gasteiger partial charge in [0, 0.05) is 49.9 Å². The molecule has 0 amide bonds. The molecule has 32 heavy (non-hydrogen) atoms. The summed E-state index contributed by atoms with van der Waals surface area (Å²) in [7, 11) is 0. The molecule has 2 saturated heterocycles. The summed E-state index contributed by atoms with van der Waals surface area (Å²) >= 11 is 0. The van der Waals surface area contributed by atoms with Crippen molar-refractivity contribution in [2.24, 2.45) is 4.99 Å². The standard InChI is InChI=1S/C25H38N4O2.HI/c1-3-26-25(27-13-10-20-17-28-24-19(2)7-6-9-23(20)24)29-14-11-21(12-15-29)31-18-22-8-4-5-16-30-22;/h6-7,9,17,21-22,28H,3-5,8,10-16,18H2,1-2H3,(H,26,27);1H. The average Bonchev–Trinajstić information content (AvgIpc) is 3.23. The molecule has 2 aliphatic rings. The van der Waals surface area contributed by atoms with Gasteiger partial charge in [0.25, 0.3) is 0 Å². The number of aromatic amines is 1. The predicted molar refractivity (Wildman–Crippen MR) is 142 cm³/mol. The lowest BCUT2D eigenvalue weighted by molar-refractivity contribution is -0.0721. The Labute approximate surface area is 209 Å². The summed E-state index contributed by atoms with van der Waals surface area (Å²) in [6.07, 6.45) is 9.45. The highest BCUT2D eigenvalue weighted by Crippen LogP contribution is 2.22. The van der Waals surface area contributed by atoms with Crippen molar-refractivity contribution in [1.29, 1.82) is 0 Å². The van der Waals surface area contributed by atoms with Crippen LogP contribution in [-0.2, 0) is 15.9 Å². The first-order valence-electron chi connectivity index (χ1n) is 12.1. The Kier molecular flexibility index (Phi) is 10.1. The van der Waals surface area contributed by atoms with Gasteiger partial charge in [-0.25, -0.2) is 0 Å². The zero-order chi connectivity index (χ0) is 21.5. The van der Waals surface area contributed by atoms with Crippen molar-refractivity contribution in [3.8, 4) is 0 Å². The molecule has 178 valence electrons. The number of ether oxygens (including phenoxy) is 2. The van der Waals surface area contributed by atoms with Crippen LogP contribution in [0.25, 0.3) is 10.9 Å². The number of guanidine groups is 1. The van der Waals surface area contributed by atoms with E-state index in [-0.39, 0.29) is 24.0 Å². The maximum absolute atomic E-state index is 6.18. The summed E-state index contributed by atoms with van der Waals surface area (Å²) < 4.78 is 12.0. The minimum atomic E-state index is 0. The molecule has 1 aromatic carbocycles. The van der Waals surface area contributed by atoms with E-state index in [0.29, 0.717) is 12.2 Å². The second kappa shape index (κ2) is 12.8. The minimum Gasteiger partial charge on any atom is -0.376 e. The van der Waals surface area contributed by atoms with E-state index >= 15 is 0 Å². The first-order valence-corrected chi connectivity index (χ1v) is 12.1. The van der Waals surface area contributed by atoms with Gasteiger partial charge in [0.2, 0.25) is 0 Å². The number of benzene rings is 1. The fraction of sp³-hybridized carbons (Fsp3) is 0.640. The average molecular weight is 555 g/mol. The number of halogens is 1. The lowest BCUT2D eigenvalue weighted by Gasteiger charge is -2.35. The van der Waals surface area contributed by atoms with Gasteiger partial charge in [0.05, 0.1) is 18.8 Å². The molecule has 2 aromatic rings. The van der Waals surface area contributed by atoms with Crippen molar-refractivity contribution in [1.82, 2.24) is 15.2 Å². The molecule has 0 saturated carbocycles. The van der Waals surface area contributed by atoms with Crippen molar-refractivity contribution in [2.75, 3.05) is 39.4 Å². The van der Waals surface area contributed by atoms with Crippen LogP contribution in [0.15, 0.2) is 29.4 Å². The van der Waals surface area contributed by atoms with E-state index in [4.69, 9.17) is 14.5 Å². The Morgan fingerprint density at radius 2 is 2.09 bits per heavy atom. The second-order valence-electron chi connectivity index (χ2n) is 8.81. The third-order valence-electron chi connectivity index (χ3n) is 6.52. The van der Waals surface area contributed by atoms with Crippen molar-refractivity contribution in [2.45, 2.75) is 64.6 Å². The number of rotatable bonds is 7. The smallest absolute Gasteiger partial charge is 0.193 e. The number of hydrogen-bond acceptors (Lipinski definition) is 3. The van der Waals surface area contributed by atoms with Gasteiger partial charge in [-0.05, 0) is 63.5 Å². The van der Waals surface area contributed by atoms with Crippen LogP contribution in [0.3, 0.4) is 0 Å². The molecule has 3 heterocycles. The number of fused-ring (bicyclic) bond motifs is 1. The lowest BCUT2D eigenvalue weighted by Crippen LogP contribution is -2.47. The van der Waals surface area contributed by atoms with E-state index in [9.17, 15) is 0 Å². The van der Waals surface area contributed by atoms with Gasteiger partial charge in [-0.15, -0.1) is 24.0 Å². The topological polar surface area (TPSA) is 61.9 Å². The monoisotopic (exact) mass is 554 g/mol. The molecule has 1 aromatic heterocycles. The van der Waals surface area contributed by atoms with Gasteiger partial charge in [-0.2, -0.15) is 0 Å². The fourth-order valence-electron chi connectivity index (χ4n) is 4.70. The first kappa shape index (κ1) is 25.3. The van der Waals surface area contributed by atoms with E-state index in [2.05, 4.69) is 53.4 Å². The Balaban J connectivity index is 0.00000289. The van der Waals surface area contributed by atoms with Crippen molar-refractivity contribution >= 4 is 40.8 Å². The van der Waals surface area contributed by atoms with Crippen LogP contribution in [0, 0.1) is 6.92 Å². The summed E-state index contributed by atoms with van der Waals surface area (Å²) in [5.74, 6) is 1.03. The highest BCUT2D eigenvalue weighted by Gasteiger charge is 2.23. The molecule has 2 N–H and O–H groups in total. The SMILES string of the molecule is CCNC(=NCCc1c[nH]c2c(C)cccc12)N1CCC(OCC2CCCCO2)CC1.I. The molecule has 0 radical (unpaired) electrons. The van der Waals surface area contributed by atoms with E-state index in [1.807, 2.05) is 0 Å². The number of H-pyrrole nitrogens is 1. The molecule has 0 aliphatic carbocycles. The quantitative estimate of drug-likeness (QED) is 0.297. The summed E-state index contributed by atoms with van der Waals surface area (Å²) in [6.45, 7) is 9.61. The number of nitrogens with one attached hydrogen (secondary N) is 2. The number of likely N-dealkylation sites (tertiary alicyclic amines) is 1. The summed E-state index contributed by atoms with van der Waals surface area (Å²) in [4.78, 5) is 10.8. The van der Waals surface area contributed by atoms with Crippen molar-refractivity contribution in [3.63, 3.8) is 0 Å². The number of piperidine rings is 1. The van der Waals surface area contributed by atoms with Crippen LogP contribution in [0.4, 0.5) is 0 Å². The third kappa shape index (κ3) is 6.60. The third-order valence-corrected chi connectivity index (χ3v) is 6.52. The summed E-state index contributed by atoms with van der Waals surface area (Å²) in [5.41, 5.74) is 3.88. The van der Waals surface area contributed by atoms with Crippen molar-refractivity contribution < 1.29 is 9.47 Å². The van der Waals surface area contributed by atoms with Gasteiger partial charge < -0.3 is 24.7 Å².